The molecular weight excluding hydrogens is 592 g/mol. The van der Waals surface area contributed by atoms with E-state index in [1.165, 1.54) is 0 Å². The molecule has 0 aliphatic carbocycles. The highest BCUT2D eigenvalue weighted by Gasteiger charge is 2.67. The minimum atomic E-state index is -2.56. The summed E-state index contributed by atoms with van der Waals surface area (Å²) < 4.78 is 27.4. The number of hydrogen-bond donors (Lipinski definition) is 2. The number of carboxylic acid groups (broad SMARTS) is 1. The molecule has 1 aromatic rings. The number of benzene rings is 1. The van der Waals surface area contributed by atoms with E-state index < -0.39 is 89.7 Å². The van der Waals surface area contributed by atoms with Crippen LogP contribution in [0, 0.1) is 0 Å². The highest BCUT2D eigenvalue weighted by atomic mass is 32.2. The Bertz CT molecular complexity index is 1240. The number of nitrogens with zero attached hydrogens (tertiary/aromatic N) is 1. The molecule has 1 aliphatic rings. The van der Waals surface area contributed by atoms with Crippen molar-refractivity contribution >= 4 is 53.4 Å². The van der Waals surface area contributed by atoms with E-state index in [0.717, 1.165) is 41.5 Å². The van der Waals surface area contributed by atoms with Gasteiger partial charge in [0.15, 0.2) is 17.9 Å². The van der Waals surface area contributed by atoms with E-state index in [1.54, 1.807) is 30.3 Å². The number of ether oxygens (including phenoxy) is 5. The van der Waals surface area contributed by atoms with Crippen LogP contribution in [0.25, 0.3) is 0 Å². The van der Waals surface area contributed by atoms with Crippen LogP contribution in [-0.4, -0.2) is 93.3 Å². The molecular formula is C27H34N2O13S. The summed E-state index contributed by atoms with van der Waals surface area (Å²) in [5, 5.41) is 10.5. The highest BCUT2D eigenvalue weighted by molar-refractivity contribution is 8.01. The lowest BCUT2D eigenvalue weighted by molar-refractivity contribution is -0.256. The second-order valence-electron chi connectivity index (χ2n) is 9.60. The summed E-state index contributed by atoms with van der Waals surface area (Å²) in [5.74, 6) is -7.27. The monoisotopic (exact) mass is 626 g/mol. The fourth-order valence-electron chi connectivity index (χ4n) is 4.70. The van der Waals surface area contributed by atoms with Crippen LogP contribution < -0.4 is 5.73 Å². The Morgan fingerprint density at radius 2 is 1.49 bits per heavy atom. The van der Waals surface area contributed by atoms with E-state index in [1.807, 2.05) is 0 Å². The number of esters is 4. The summed E-state index contributed by atoms with van der Waals surface area (Å²) in [4.78, 5) is 85.8. The molecule has 0 bridgehead atoms. The Balaban J connectivity index is 2.97. The lowest BCUT2D eigenvalue weighted by Crippen LogP contribution is -2.80. The summed E-state index contributed by atoms with van der Waals surface area (Å²) in [6, 6.07) is 8.07. The summed E-state index contributed by atoms with van der Waals surface area (Å²) >= 11 is 0.674. The van der Waals surface area contributed by atoms with Gasteiger partial charge in [0.05, 0.1) is 0 Å². The number of aliphatic carboxylic acids is 1. The van der Waals surface area contributed by atoms with Gasteiger partial charge in [-0.1, -0.05) is 30.0 Å². The van der Waals surface area contributed by atoms with Crippen molar-refractivity contribution < 1.29 is 62.4 Å². The molecule has 0 unspecified atom stereocenters. The first-order chi connectivity index (χ1) is 19.9. The van der Waals surface area contributed by atoms with Gasteiger partial charge in [0.2, 0.25) is 16.7 Å². The van der Waals surface area contributed by atoms with Crippen molar-refractivity contribution in [2.45, 2.75) is 87.9 Å². The smallest absolute Gasteiger partial charge is 0.347 e. The Morgan fingerprint density at radius 1 is 0.930 bits per heavy atom. The molecule has 43 heavy (non-hydrogen) atoms. The quantitative estimate of drug-likeness (QED) is 0.197. The van der Waals surface area contributed by atoms with Crippen LogP contribution in [0.5, 0.6) is 0 Å². The average molecular weight is 627 g/mol. The predicted octanol–water partition coefficient (Wildman–Crippen LogP) is 0.757. The van der Waals surface area contributed by atoms with Crippen molar-refractivity contribution in [2.24, 2.45) is 5.73 Å². The molecule has 0 radical (unpaired) electrons. The lowest BCUT2D eigenvalue weighted by atomic mass is 9.82. The Hall–Kier alpha value is -4.02. The molecule has 16 heteroatoms. The van der Waals surface area contributed by atoms with Gasteiger partial charge in [0, 0.05) is 52.9 Å². The molecule has 1 heterocycles. The number of carboxylic acids is 1. The molecule has 0 spiro atoms. The summed E-state index contributed by atoms with van der Waals surface area (Å²) in [6.07, 6.45) is -8.19. The van der Waals surface area contributed by atoms with Crippen molar-refractivity contribution in [3.63, 3.8) is 0 Å². The van der Waals surface area contributed by atoms with Gasteiger partial charge in [0.25, 0.3) is 0 Å². The van der Waals surface area contributed by atoms with Gasteiger partial charge >= 0.3 is 29.8 Å². The van der Waals surface area contributed by atoms with Crippen molar-refractivity contribution in [1.82, 2.24) is 4.90 Å². The average Bonchev–Trinajstić information content (AvgIpc) is 2.86. The summed E-state index contributed by atoms with van der Waals surface area (Å²) in [6.45, 7) is 5.20. The molecule has 1 saturated heterocycles. The number of carbonyl (C=O) groups is 7. The normalized spacial score (nSPS) is 24.4. The molecule has 1 fully saturated rings. The highest BCUT2D eigenvalue weighted by Crippen LogP contribution is 2.48. The SMILES string of the molecule is CC(=O)OC[C@@H](OC(C)=O)[C@@H](OC(C)=O)[C@@H]1O[C@](Sc2ccccc2)(C(=O)O)C[C@H](OC(C)=O)[C@]1(N)N(C(C)=O)C(C)=O. The number of imide groups is 1. The van der Waals surface area contributed by atoms with Gasteiger partial charge in [-0.3, -0.25) is 33.7 Å². The van der Waals surface area contributed by atoms with Gasteiger partial charge in [-0.2, -0.15) is 0 Å². The van der Waals surface area contributed by atoms with Crippen molar-refractivity contribution in [1.29, 1.82) is 0 Å². The number of nitrogens with two attached hydrogens (primary N) is 1. The van der Waals surface area contributed by atoms with Crippen LogP contribution >= 0.6 is 11.8 Å². The number of thioether (sulfide) groups is 1. The minimum absolute atomic E-state index is 0.380. The van der Waals surface area contributed by atoms with E-state index in [2.05, 4.69) is 0 Å². The van der Waals surface area contributed by atoms with Gasteiger partial charge < -0.3 is 34.5 Å². The van der Waals surface area contributed by atoms with Gasteiger partial charge in [-0.05, 0) is 12.1 Å². The van der Waals surface area contributed by atoms with Crippen LogP contribution in [0.2, 0.25) is 0 Å². The first-order valence-electron chi connectivity index (χ1n) is 12.8. The topological polar surface area (TPSA) is 215 Å². The third kappa shape index (κ3) is 8.52. The fourth-order valence-corrected chi connectivity index (χ4v) is 5.85. The molecule has 236 valence electrons. The first kappa shape index (κ1) is 35.2. The number of rotatable bonds is 11. The van der Waals surface area contributed by atoms with E-state index >= 15 is 0 Å². The molecule has 1 aromatic carbocycles. The number of amides is 2. The summed E-state index contributed by atoms with van der Waals surface area (Å²) in [5.41, 5.74) is 4.24. The van der Waals surface area contributed by atoms with Crippen LogP contribution in [0.4, 0.5) is 0 Å². The van der Waals surface area contributed by atoms with Crippen molar-refractivity contribution in [3.8, 4) is 0 Å². The van der Waals surface area contributed by atoms with Crippen molar-refractivity contribution in [3.05, 3.63) is 30.3 Å². The maximum Gasteiger partial charge on any atom is 0.347 e. The van der Waals surface area contributed by atoms with Crippen LogP contribution in [0.1, 0.15) is 48.0 Å². The molecule has 1 aliphatic heterocycles. The van der Waals surface area contributed by atoms with E-state index in [0.29, 0.717) is 21.6 Å². The summed E-state index contributed by atoms with van der Waals surface area (Å²) in [7, 11) is 0. The van der Waals surface area contributed by atoms with Crippen LogP contribution in [0.3, 0.4) is 0 Å². The van der Waals surface area contributed by atoms with Crippen molar-refractivity contribution in [2.75, 3.05) is 6.61 Å². The molecule has 0 saturated carbocycles. The van der Waals surface area contributed by atoms with Gasteiger partial charge in [-0.15, -0.1) is 0 Å². The second kappa shape index (κ2) is 14.4. The number of carbonyl (C=O) groups excluding carboxylic acids is 6. The predicted molar refractivity (Wildman–Crippen MR) is 146 cm³/mol. The largest absolute Gasteiger partial charge is 0.478 e. The van der Waals surface area contributed by atoms with E-state index in [4.69, 9.17) is 29.4 Å². The molecule has 0 aromatic heterocycles. The zero-order valence-corrected chi connectivity index (χ0v) is 25.2. The standard InChI is InChI=1S/C27H34N2O13S/c1-14(30)29(15(2)31)27(28)22(40-18(5)34)12-26(25(36)37,43-20-10-8-7-9-11-20)42-24(27)23(41-19(6)35)21(39-17(4)33)13-38-16(3)32/h7-11,21-24H,12-13,28H2,1-6H3,(H,36,37)/t21-,22+,23-,24+,26-,27+/m1/s1. The third-order valence-corrected chi connectivity index (χ3v) is 7.43. The molecule has 3 N–H and O–H groups in total. The van der Waals surface area contributed by atoms with Gasteiger partial charge in [0.1, 0.15) is 18.8 Å². The maximum absolute atomic E-state index is 13.0. The van der Waals surface area contributed by atoms with Gasteiger partial charge in [-0.25, -0.2) is 4.79 Å². The number of hydrogen-bond acceptors (Lipinski definition) is 14. The Morgan fingerprint density at radius 3 is 1.93 bits per heavy atom. The molecule has 2 rings (SSSR count). The van der Waals surface area contributed by atoms with E-state index in [-0.39, 0.29) is 0 Å². The third-order valence-electron chi connectivity index (χ3n) is 6.16. The maximum atomic E-state index is 13.0. The Labute approximate surface area is 251 Å². The second-order valence-corrected chi connectivity index (χ2v) is 10.9. The lowest BCUT2D eigenvalue weighted by Gasteiger charge is -2.55. The van der Waals surface area contributed by atoms with E-state index in [9.17, 15) is 38.7 Å². The van der Waals surface area contributed by atoms with Crippen LogP contribution in [0.15, 0.2) is 35.2 Å². The zero-order valence-electron chi connectivity index (χ0n) is 24.4. The molecule has 2 amide bonds. The zero-order chi connectivity index (χ0) is 32.7. The van der Waals surface area contributed by atoms with Crippen LogP contribution in [-0.2, 0) is 57.2 Å². The minimum Gasteiger partial charge on any atom is -0.478 e. The fraction of sp³-hybridized carbons (Fsp3) is 0.519. The molecule has 15 nitrogen and oxygen atoms in total. The molecule has 6 atom stereocenters. The Kier molecular flexibility index (Phi) is 11.8. The first-order valence-corrected chi connectivity index (χ1v) is 13.7.